The van der Waals surface area contributed by atoms with Gasteiger partial charge < -0.3 is 0 Å². The highest BCUT2D eigenvalue weighted by Crippen LogP contribution is 2.15. The molecule has 0 fully saturated rings. The van der Waals surface area contributed by atoms with Crippen molar-refractivity contribution < 1.29 is 0 Å². The van der Waals surface area contributed by atoms with Crippen LogP contribution in [0.1, 0.15) is 18.1 Å². The fourth-order valence-corrected chi connectivity index (χ4v) is 3.60. The number of benzene rings is 2. The van der Waals surface area contributed by atoms with E-state index < -0.39 is 0 Å². The molecule has 0 radical (unpaired) electrons. The Labute approximate surface area is 131 Å². The van der Waals surface area contributed by atoms with E-state index in [1.54, 1.807) is 4.40 Å². The highest BCUT2D eigenvalue weighted by Gasteiger charge is 2.10. The number of fused-ring (bicyclic) bond motifs is 3. The molecule has 4 rings (SSSR count). The number of hydrogen-bond donors (Lipinski definition) is 0. The van der Waals surface area contributed by atoms with E-state index in [0.29, 0.717) is 0 Å². The Morgan fingerprint density at radius 1 is 1.14 bits per heavy atom. The number of rotatable bonds is 2. The average Bonchev–Trinajstić information content (AvgIpc) is 3.05. The number of aryl methyl sites for hydroxylation is 1. The fourth-order valence-electron chi connectivity index (χ4n) is 2.61. The first-order valence-electron chi connectivity index (χ1n) is 7.27. The van der Waals surface area contributed by atoms with Crippen LogP contribution in [0.2, 0.25) is 0 Å². The molecular formula is C18H14N2OS. The van der Waals surface area contributed by atoms with E-state index in [1.165, 1.54) is 16.9 Å². The first-order valence-corrected chi connectivity index (χ1v) is 8.08. The van der Waals surface area contributed by atoms with Crippen LogP contribution in [-0.4, -0.2) is 9.38 Å². The summed E-state index contributed by atoms with van der Waals surface area (Å²) in [6, 6.07) is 16.0. The molecule has 0 unspecified atom stereocenters. The lowest BCUT2D eigenvalue weighted by molar-refractivity contribution is 1.14. The second-order valence-corrected chi connectivity index (χ2v) is 6.24. The Balaban J connectivity index is 1.93. The zero-order valence-electron chi connectivity index (χ0n) is 12.1. The maximum absolute atomic E-state index is 12.6. The summed E-state index contributed by atoms with van der Waals surface area (Å²) < 4.78 is 2.42. The lowest BCUT2D eigenvalue weighted by Crippen LogP contribution is -2.22. The summed E-state index contributed by atoms with van der Waals surface area (Å²) >= 11 is 1.44. The van der Waals surface area contributed by atoms with Gasteiger partial charge in [0.1, 0.15) is 0 Å². The number of imidazole rings is 1. The second kappa shape index (κ2) is 5.07. The van der Waals surface area contributed by atoms with Crippen molar-refractivity contribution in [2.24, 2.45) is 0 Å². The van der Waals surface area contributed by atoms with Gasteiger partial charge in [0, 0.05) is 0 Å². The van der Waals surface area contributed by atoms with Gasteiger partial charge in [0.2, 0.25) is 0 Å². The quantitative estimate of drug-likeness (QED) is 0.570. The number of nitrogens with zero attached hydrogens (tertiary/aromatic N) is 2. The summed E-state index contributed by atoms with van der Waals surface area (Å²) in [6.07, 6.45) is 2.96. The predicted octanol–water partition coefficient (Wildman–Crippen LogP) is 3.02. The van der Waals surface area contributed by atoms with E-state index in [2.05, 4.69) is 36.2 Å². The highest BCUT2D eigenvalue weighted by atomic mass is 32.1. The monoisotopic (exact) mass is 306 g/mol. The van der Waals surface area contributed by atoms with Crippen LogP contribution in [-0.2, 0) is 6.42 Å². The molecule has 0 spiro atoms. The van der Waals surface area contributed by atoms with Crippen LogP contribution >= 0.6 is 11.3 Å². The van der Waals surface area contributed by atoms with Gasteiger partial charge in [-0.05, 0) is 35.8 Å². The molecule has 3 nitrogen and oxygen atoms in total. The van der Waals surface area contributed by atoms with E-state index in [4.69, 9.17) is 0 Å². The molecule has 4 heteroatoms. The molecule has 2 heterocycles. The highest BCUT2D eigenvalue weighted by molar-refractivity contribution is 7.15. The number of hydrogen-bond acceptors (Lipinski definition) is 3. The zero-order chi connectivity index (χ0) is 15.1. The third-order valence-electron chi connectivity index (χ3n) is 3.83. The Hall–Kier alpha value is -2.46. The normalized spacial score (nSPS) is 12.5. The molecule has 0 atom stereocenters. The van der Waals surface area contributed by atoms with E-state index in [1.807, 2.05) is 30.3 Å². The van der Waals surface area contributed by atoms with Gasteiger partial charge in [0.15, 0.2) is 4.96 Å². The molecular weight excluding hydrogens is 292 g/mol. The fraction of sp³-hybridized carbons (Fsp3) is 0.111. The molecule has 4 aromatic rings. The Kier molecular flexibility index (Phi) is 3.05. The van der Waals surface area contributed by atoms with Crippen LogP contribution in [0.5, 0.6) is 0 Å². The van der Waals surface area contributed by atoms with Crippen LogP contribution in [0.25, 0.3) is 22.1 Å². The van der Waals surface area contributed by atoms with Crippen molar-refractivity contribution in [3.05, 3.63) is 74.5 Å². The van der Waals surface area contributed by atoms with Gasteiger partial charge in [-0.1, -0.05) is 54.7 Å². The minimum absolute atomic E-state index is 0.00766. The van der Waals surface area contributed by atoms with Crippen molar-refractivity contribution in [2.75, 3.05) is 0 Å². The van der Waals surface area contributed by atoms with Gasteiger partial charge in [-0.3, -0.25) is 4.79 Å². The van der Waals surface area contributed by atoms with E-state index in [9.17, 15) is 4.79 Å². The van der Waals surface area contributed by atoms with Crippen LogP contribution in [0.15, 0.2) is 53.3 Å². The van der Waals surface area contributed by atoms with Crippen LogP contribution in [0.4, 0.5) is 0 Å². The van der Waals surface area contributed by atoms with E-state index in [0.717, 1.165) is 32.5 Å². The number of para-hydroxylation sites is 2. The molecule has 0 N–H and O–H groups in total. The minimum atomic E-state index is 0.00766. The van der Waals surface area contributed by atoms with Gasteiger partial charge in [-0.15, -0.1) is 0 Å². The third kappa shape index (κ3) is 2.04. The van der Waals surface area contributed by atoms with Crippen molar-refractivity contribution >= 4 is 33.4 Å². The largest absolute Gasteiger partial charge is 0.274 e. The topological polar surface area (TPSA) is 34.4 Å². The molecule has 0 amide bonds. The lowest BCUT2D eigenvalue weighted by Gasteiger charge is -1.96. The van der Waals surface area contributed by atoms with Crippen LogP contribution in [0, 0.1) is 0 Å². The third-order valence-corrected chi connectivity index (χ3v) is 4.80. The molecule has 2 aromatic heterocycles. The molecule has 2 aromatic carbocycles. The SMILES string of the molecule is CCc1ccc(C=c2sc3nc4ccccc4n3c2=O)cc1. The minimum Gasteiger partial charge on any atom is -0.267 e. The van der Waals surface area contributed by atoms with Crippen LogP contribution < -0.4 is 10.1 Å². The van der Waals surface area contributed by atoms with Gasteiger partial charge in [0.25, 0.3) is 5.56 Å². The molecule has 0 aliphatic rings. The Bertz CT molecular complexity index is 1070. The first-order chi connectivity index (χ1) is 10.8. The zero-order valence-corrected chi connectivity index (χ0v) is 12.9. The predicted molar refractivity (Wildman–Crippen MR) is 91.5 cm³/mol. The molecule has 0 aliphatic carbocycles. The van der Waals surface area contributed by atoms with Crippen molar-refractivity contribution in [1.29, 1.82) is 0 Å². The summed E-state index contributed by atoms with van der Waals surface area (Å²) in [4.78, 5) is 17.9. The molecule has 0 saturated heterocycles. The van der Waals surface area contributed by atoms with Gasteiger partial charge in [0.05, 0.1) is 15.6 Å². The van der Waals surface area contributed by atoms with Gasteiger partial charge in [-0.25, -0.2) is 9.38 Å². The molecule has 108 valence electrons. The van der Waals surface area contributed by atoms with Gasteiger partial charge in [-0.2, -0.15) is 0 Å². The lowest BCUT2D eigenvalue weighted by atomic mass is 10.1. The summed E-state index contributed by atoms with van der Waals surface area (Å²) in [5, 5.41) is 0. The maximum atomic E-state index is 12.6. The van der Waals surface area contributed by atoms with Crippen molar-refractivity contribution in [3.8, 4) is 0 Å². The second-order valence-electron chi connectivity index (χ2n) is 5.23. The van der Waals surface area contributed by atoms with Gasteiger partial charge >= 0.3 is 0 Å². The summed E-state index contributed by atoms with van der Waals surface area (Å²) in [5.74, 6) is 0. The maximum Gasteiger partial charge on any atom is 0.274 e. The molecule has 0 bridgehead atoms. The molecule has 0 saturated carbocycles. The summed E-state index contributed by atoms with van der Waals surface area (Å²) in [7, 11) is 0. The van der Waals surface area contributed by atoms with Crippen molar-refractivity contribution in [2.45, 2.75) is 13.3 Å². The molecule has 0 aliphatic heterocycles. The number of aromatic nitrogens is 2. The standard InChI is InChI=1S/C18H14N2OS/c1-2-12-7-9-13(10-8-12)11-16-17(21)20-15-6-4-3-5-14(15)19-18(20)22-16/h3-11H,2H2,1H3. The van der Waals surface area contributed by atoms with Crippen molar-refractivity contribution in [1.82, 2.24) is 9.38 Å². The van der Waals surface area contributed by atoms with Crippen molar-refractivity contribution in [3.63, 3.8) is 0 Å². The Morgan fingerprint density at radius 2 is 1.91 bits per heavy atom. The van der Waals surface area contributed by atoms with E-state index in [-0.39, 0.29) is 5.56 Å². The molecule has 22 heavy (non-hydrogen) atoms. The van der Waals surface area contributed by atoms with E-state index >= 15 is 0 Å². The summed E-state index contributed by atoms with van der Waals surface area (Å²) in [6.45, 7) is 2.13. The Morgan fingerprint density at radius 3 is 2.68 bits per heavy atom. The first kappa shape index (κ1) is 13.2. The number of thiazole rings is 1. The van der Waals surface area contributed by atoms with Crippen LogP contribution in [0.3, 0.4) is 0 Å². The smallest absolute Gasteiger partial charge is 0.267 e. The average molecular weight is 306 g/mol. The summed E-state index contributed by atoms with van der Waals surface area (Å²) in [5.41, 5.74) is 4.09.